The number of carbonyl (C=O) groups is 1. The van der Waals surface area contributed by atoms with Crippen LogP contribution in [0.1, 0.15) is 28.4 Å². The van der Waals surface area contributed by atoms with Crippen LogP contribution in [0.15, 0.2) is 60.7 Å². The van der Waals surface area contributed by atoms with Crippen molar-refractivity contribution in [2.45, 2.75) is 20.0 Å². The molecule has 8 heteroatoms. The highest BCUT2D eigenvalue weighted by atomic mass is 19.4. The third-order valence-electron chi connectivity index (χ3n) is 4.77. The van der Waals surface area contributed by atoms with Crippen molar-refractivity contribution in [3.63, 3.8) is 0 Å². The van der Waals surface area contributed by atoms with Crippen LogP contribution in [0.5, 0.6) is 0 Å². The lowest BCUT2D eigenvalue weighted by atomic mass is 10.1. The number of benzene rings is 3. The molecule has 1 amide bonds. The zero-order valence-electron chi connectivity index (χ0n) is 16.7. The van der Waals surface area contributed by atoms with Crippen molar-refractivity contribution in [3.05, 3.63) is 89.0 Å². The number of aryl methyl sites for hydroxylation is 1. The summed E-state index contributed by atoms with van der Waals surface area (Å²) in [6, 6.07) is 12.9. The second kappa shape index (κ2) is 8.75. The average Bonchev–Trinajstić information content (AvgIpc) is 2.70. The third kappa shape index (κ3) is 4.84. The molecule has 0 radical (unpaired) electrons. The number of amides is 1. The Morgan fingerprint density at radius 3 is 2.13 bits per heavy atom. The number of carbonyl (C=O) groups excluding carboxylic acids is 1. The summed E-state index contributed by atoms with van der Waals surface area (Å²) < 4.78 is 66.9. The minimum Gasteiger partial charge on any atom is -0.342 e. The molecule has 0 fully saturated rings. The van der Waals surface area contributed by atoms with Gasteiger partial charge >= 0.3 is 6.18 Å². The minimum absolute atomic E-state index is 0.285. The molecule has 0 saturated heterocycles. The van der Waals surface area contributed by atoms with E-state index >= 15 is 0 Å². The molecule has 0 unspecified atom stereocenters. The summed E-state index contributed by atoms with van der Waals surface area (Å²) in [5, 5.41) is 2.42. The van der Waals surface area contributed by atoms with E-state index in [1.807, 2.05) is 0 Å². The van der Waals surface area contributed by atoms with Gasteiger partial charge in [-0.2, -0.15) is 13.2 Å². The summed E-state index contributed by atoms with van der Waals surface area (Å²) in [7, 11) is 0. The molecule has 0 saturated carbocycles. The summed E-state index contributed by atoms with van der Waals surface area (Å²) in [5.41, 5.74) is 0.515. The van der Waals surface area contributed by atoms with Gasteiger partial charge in [0, 0.05) is 23.6 Å². The first-order valence-corrected chi connectivity index (χ1v) is 9.42. The molecule has 0 aromatic heterocycles. The Labute approximate surface area is 176 Å². The Morgan fingerprint density at radius 2 is 1.58 bits per heavy atom. The summed E-state index contributed by atoms with van der Waals surface area (Å²) in [6.45, 7) is 3.92. The van der Waals surface area contributed by atoms with Gasteiger partial charge in [0.15, 0.2) is 0 Å². The molecule has 3 rings (SSSR count). The zero-order valence-corrected chi connectivity index (χ0v) is 16.7. The number of anilines is 3. The Hall–Kier alpha value is -3.42. The Bertz CT molecular complexity index is 1070. The molecule has 3 nitrogen and oxygen atoms in total. The molecule has 0 spiro atoms. The van der Waals surface area contributed by atoms with Crippen LogP contribution in [-0.2, 0) is 6.18 Å². The van der Waals surface area contributed by atoms with Crippen molar-refractivity contribution in [1.82, 2.24) is 0 Å². The fraction of sp³-hybridized carbons (Fsp3) is 0.174. The average molecular weight is 434 g/mol. The van der Waals surface area contributed by atoms with Gasteiger partial charge in [-0.3, -0.25) is 4.79 Å². The van der Waals surface area contributed by atoms with Crippen LogP contribution in [0.3, 0.4) is 0 Å². The van der Waals surface area contributed by atoms with Crippen LogP contribution in [0.4, 0.5) is 39.0 Å². The molecule has 1 N–H and O–H groups in total. The highest BCUT2D eigenvalue weighted by Gasteiger charge is 2.31. The van der Waals surface area contributed by atoms with Crippen LogP contribution in [-0.4, -0.2) is 12.5 Å². The standard InChI is InChI=1S/C23H19F5N2O/c1-3-30(20-13-15(23(26,27)28)8-7-14(20)2)17-11-9-16(10-12-17)29-22(31)21-18(24)5-4-6-19(21)25/h4-13H,3H2,1-2H3,(H,29,31). The highest BCUT2D eigenvalue weighted by molar-refractivity contribution is 6.04. The number of halogens is 5. The Kier molecular flexibility index (Phi) is 6.29. The SMILES string of the molecule is CCN(c1ccc(NC(=O)c2c(F)cccc2F)cc1)c1cc(C(F)(F)F)ccc1C. The van der Waals surface area contributed by atoms with Gasteiger partial charge in [0.25, 0.3) is 5.91 Å². The predicted octanol–water partition coefficient (Wildman–Crippen LogP) is 6.70. The molecule has 0 atom stereocenters. The van der Waals surface area contributed by atoms with Crippen LogP contribution >= 0.6 is 0 Å². The number of rotatable bonds is 5. The van der Waals surface area contributed by atoms with E-state index in [2.05, 4.69) is 5.32 Å². The van der Waals surface area contributed by atoms with Crippen molar-refractivity contribution in [2.24, 2.45) is 0 Å². The van der Waals surface area contributed by atoms with Crippen molar-refractivity contribution in [1.29, 1.82) is 0 Å². The largest absolute Gasteiger partial charge is 0.416 e. The lowest BCUT2D eigenvalue weighted by molar-refractivity contribution is -0.137. The fourth-order valence-corrected chi connectivity index (χ4v) is 3.20. The van der Waals surface area contributed by atoms with E-state index in [0.717, 1.165) is 30.3 Å². The third-order valence-corrected chi connectivity index (χ3v) is 4.77. The van der Waals surface area contributed by atoms with Gasteiger partial charge in [0.05, 0.1) is 5.56 Å². The van der Waals surface area contributed by atoms with Gasteiger partial charge in [-0.15, -0.1) is 0 Å². The van der Waals surface area contributed by atoms with Gasteiger partial charge in [0.1, 0.15) is 17.2 Å². The molecule has 0 heterocycles. The maximum atomic E-state index is 13.8. The van der Waals surface area contributed by atoms with Crippen LogP contribution in [0.25, 0.3) is 0 Å². The van der Waals surface area contributed by atoms with E-state index in [1.165, 1.54) is 18.2 Å². The molecule has 0 bridgehead atoms. The normalized spacial score (nSPS) is 11.3. The van der Waals surface area contributed by atoms with Crippen molar-refractivity contribution in [3.8, 4) is 0 Å². The van der Waals surface area contributed by atoms with Gasteiger partial charge in [0.2, 0.25) is 0 Å². The molecule has 31 heavy (non-hydrogen) atoms. The van der Waals surface area contributed by atoms with E-state index in [0.29, 0.717) is 23.5 Å². The lowest BCUT2D eigenvalue weighted by Crippen LogP contribution is -2.19. The molecule has 0 aliphatic rings. The smallest absolute Gasteiger partial charge is 0.342 e. The van der Waals surface area contributed by atoms with E-state index in [9.17, 15) is 26.7 Å². The Balaban J connectivity index is 1.86. The predicted molar refractivity (Wildman–Crippen MR) is 110 cm³/mol. The van der Waals surface area contributed by atoms with Crippen LogP contribution < -0.4 is 10.2 Å². The van der Waals surface area contributed by atoms with E-state index in [4.69, 9.17) is 0 Å². The van der Waals surface area contributed by atoms with Gasteiger partial charge in [-0.1, -0.05) is 12.1 Å². The summed E-state index contributed by atoms with van der Waals surface area (Å²) in [5.74, 6) is -2.90. The summed E-state index contributed by atoms with van der Waals surface area (Å²) in [4.78, 5) is 13.9. The highest BCUT2D eigenvalue weighted by Crippen LogP contribution is 2.36. The molecule has 0 aliphatic carbocycles. The minimum atomic E-state index is -4.46. The van der Waals surface area contributed by atoms with E-state index in [-0.39, 0.29) is 5.69 Å². The van der Waals surface area contributed by atoms with Gasteiger partial charge in [-0.05, 0) is 67.9 Å². The Morgan fingerprint density at radius 1 is 0.968 bits per heavy atom. The second-order valence-electron chi connectivity index (χ2n) is 6.84. The van der Waals surface area contributed by atoms with Crippen LogP contribution in [0.2, 0.25) is 0 Å². The van der Waals surface area contributed by atoms with Crippen LogP contribution in [0, 0.1) is 18.6 Å². The first-order valence-electron chi connectivity index (χ1n) is 9.42. The van der Waals surface area contributed by atoms with Gasteiger partial charge in [-0.25, -0.2) is 8.78 Å². The molecule has 3 aromatic carbocycles. The number of alkyl halides is 3. The maximum absolute atomic E-state index is 13.8. The molecular formula is C23H19F5N2O. The second-order valence-corrected chi connectivity index (χ2v) is 6.84. The van der Waals surface area contributed by atoms with Crippen molar-refractivity contribution in [2.75, 3.05) is 16.8 Å². The summed E-state index contributed by atoms with van der Waals surface area (Å²) >= 11 is 0. The van der Waals surface area contributed by atoms with E-state index in [1.54, 1.807) is 30.9 Å². The number of hydrogen-bond donors (Lipinski definition) is 1. The van der Waals surface area contributed by atoms with Crippen molar-refractivity contribution < 1.29 is 26.7 Å². The number of nitrogens with one attached hydrogen (secondary N) is 1. The van der Waals surface area contributed by atoms with Crippen molar-refractivity contribution >= 4 is 23.0 Å². The topological polar surface area (TPSA) is 32.3 Å². The summed E-state index contributed by atoms with van der Waals surface area (Å²) in [6.07, 6.45) is -4.46. The van der Waals surface area contributed by atoms with E-state index < -0.39 is 34.8 Å². The fourth-order valence-electron chi connectivity index (χ4n) is 3.20. The maximum Gasteiger partial charge on any atom is 0.416 e. The van der Waals surface area contributed by atoms with Gasteiger partial charge < -0.3 is 10.2 Å². The number of hydrogen-bond acceptors (Lipinski definition) is 2. The quantitative estimate of drug-likeness (QED) is 0.453. The monoisotopic (exact) mass is 434 g/mol. The first kappa shape index (κ1) is 22.3. The zero-order chi connectivity index (χ0) is 22.8. The molecule has 0 aliphatic heterocycles. The molecular weight excluding hydrogens is 415 g/mol. The lowest BCUT2D eigenvalue weighted by Gasteiger charge is -2.26. The molecule has 162 valence electrons. The molecule has 3 aromatic rings. The first-order chi connectivity index (χ1) is 14.6. The number of nitrogens with zero attached hydrogens (tertiary/aromatic N) is 1.